The van der Waals surface area contributed by atoms with Gasteiger partial charge < -0.3 is 15.6 Å². The summed E-state index contributed by atoms with van der Waals surface area (Å²) in [6.45, 7) is 7.09. The normalized spacial score (nSPS) is 12.6. The molecule has 0 saturated carbocycles. The lowest BCUT2D eigenvalue weighted by atomic mass is 9.98. The van der Waals surface area contributed by atoms with Gasteiger partial charge in [0.15, 0.2) is 0 Å². The van der Waals surface area contributed by atoms with Crippen LogP contribution in [0.2, 0.25) is 0 Å². The van der Waals surface area contributed by atoms with E-state index in [0.717, 1.165) is 22.4 Å². The van der Waals surface area contributed by atoms with E-state index in [1.165, 1.54) is 0 Å². The Morgan fingerprint density at radius 1 is 1.31 bits per heavy atom. The molecular weight excluding hydrogens is 202 g/mol. The second kappa shape index (κ2) is 5.87. The van der Waals surface area contributed by atoms with Gasteiger partial charge in [-0.15, -0.1) is 0 Å². The molecule has 0 aliphatic rings. The van der Waals surface area contributed by atoms with Crippen LogP contribution in [-0.4, -0.2) is 18.3 Å². The first-order valence-electron chi connectivity index (χ1n) is 5.72. The van der Waals surface area contributed by atoms with Crippen molar-refractivity contribution in [3.8, 4) is 5.75 Å². The number of ether oxygens (including phenoxy) is 1. The van der Waals surface area contributed by atoms with E-state index in [9.17, 15) is 5.11 Å². The zero-order valence-corrected chi connectivity index (χ0v) is 10.3. The number of aliphatic hydroxyl groups excluding tert-OH is 1. The van der Waals surface area contributed by atoms with Crippen molar-refractivity contribution in [2.75, 3.05) is 13.2 Å². The Morgan fingerprint density at radius 3 is 2.56 bits per heavy atom. The molecule has 90 valence electrons. The topological polar surface area (TPSA) is 55.5 Å². The van der Waals surface area contributed by atoms with Gasteiger partial charge in [-0.25, -0.2) is 0 Å². The number of nitrogens with two attached hydrogens (primary N) is 1. The quantitative estimate of drug-likeness (QED) is 0.803. The summed E-state index contributed by atoms with van der Waals surface area (Å²) < 4.78 is 5.51. The first-order chi connectivity index (χ1) is 7.60. The van der Waals surface area contributed by atoms with Crippen LogP contribution >= 0.6 is 0 Å². The highest BCUT2D eigenvalue weighted by Crippen LogP contribution is 2.27. The van der Waals surface area contributed by atoms with Crippen LogP contribution in [-0.2, 0) is 0 Å². The number of aliphatic hydroxyl groups is 1. The molecule has 0 fully saturated rings. The highest BCUT2D eigenvalue weighted by Gasteiger charge is 2.12. The summed E-state index contributed by atoms with van der Waals surface area (Å²) in [7, 11) is 0. The second-order valence-corrected chi connectivity index (χ2v) is 4.00. The monoisotopic (exact) mass is 223 g/mol. The van der Waals surface area contributed by atoms with Crippen molar-refractivity contribution in [2.45, 2.75) is 33.3 Å². The maximum Gasteiger partial charge on any atom is 0.122 e. The van der Waals surface area contributed by atoms with Crippen LogP contribution < -0.4 is 10.5 Å². The van der Waals surface area contributed by atoms with Crippen LogP contribution in [0.4, 0.5) is 0 Å². The van der Waals surface area contributed by atoms with Gasteiger partial charge in [0.05, 0.1) is 12.7 Å². The molecule has 3 heteroatoms. The molecule has 16 heavy (non-hydrogen) atoms. The summed E-state index contributed by atoms with van der Waals surface area (Å²) in [4.78, 5) is 0. The number of hydrogen-bond donors (Lipinski definition) is 2. The maximum atomic E-state index is 9.93. The second-order valence-electron chi connectivity index (χ2n) is 4.00. The molecule has 0 saturated heterocycles. The van der Waals surface area contributed by atoms with Crippen LogP contribution in [0.15, 0.2) is 12.1 Å². The molecule has 1 atom stereocenters. The van der Waals surface area contributed by atoms with Crippen molar-refractivity contribution in [1.82, 2.24) is 0 Å². The Balaban J connectivity index is 3.00. The van der Waals surface area contributed by atoms with Crippen LogP contribution in [0.3, 0.4) is 0 Å². The van der Waals surface area contributed by atoms with Crippen molar-refractivity contribution in [3.63, 3.8) is 0 Å². The van der Waals surface area contributed by atoms with Crippen molar-refractivity contribution in [1.29, 1.82) is 0 Å². The Labute approximate surface area is 97.2 Å². The molecule has 0 aliphatic heterocycles. The van der Waals surface area contributed by atoms with Crippen molar-refractivity contribution in [3.05, 3.63) is 28.8 Å². The summed E-state index contributed by atoms with van der Waals surface area (Å²) in [5.41, 5.74) is 8.50. The van der Waals surface area contributed by atoms with E-state index in [1.807, 2.05) is 32.9 Å². The Morgan fingerprint density at radius 2 is 2.00 bits per heavy atom. The average molecular weight is 223 g/mol. The molecule has 3 nitrogen and oxygen atoms in total. The fourth-order valence-corrected chi connectivity index (χ4v) is 1.80. The van der Waals surface area contributed by atoms with Crippen LogP contribution in [0.25, 0.3) is 0 Å². The first-order valence-corrected chi connectivity index (χ1v) is 5.72. The van der Waals surface area contributed by atoms with Gasteiger partial charge in [0.1, 0.15) is 5.75 Å². The van der Waals surface area contributed by atoms with Gasteiger partial charge in [-0.05, 0) is 62.6 Å². The molecule has 1 unspecified atom stereocenters. The standard InChI is InChI=1S/C13H21NO2/c1-4-16-13-8-9(2)11(7-10(13)3)12(15)5-6-14/h7-8,12,15H,4-6,14H2,1-3H3. The third-order valence-electron chi connectivity index (χ3n) is 2.66. The van der Waals surface area contributed by atoms with Gasteiger partial charge in [-0.1, -0.05) is 0 Å². The molecule has 0 spiro atoms. The SMILES string of the molecule is CCOc1cc(C)c(C(O)CCN)cc1C. The van der Waals surface area contributed by atoms with Gasteiger partial charge in [-0.2, -0.15) is 0 Å². The average Bonchev–Trinajstić information content (AvgIpc) is 2.23. The number of aryl methyl sites for hydroxylation is 2. The number of benzene rings is 1. The van der Waals surface area contributed by atoms with Crippen LogP contribution in [0.1, 0.15) is 36.1 Å². The summed E-state index contributed by atoms with van der Waals surface area (Å²) in [6.07, 6.45) is 0.119. The molecular formula is C13H21NO2. The Hall–Kier alpha value is -1.06. The molecule has 3 N–H and O–H groups in total. The minimum Gasteiger partial charge on any atom is -0.494 e. The minimum absolute atomic E-state index is 0.473. The van der Waals surface area contributed by atoms with Crippen molar-refractivity contribution < 1.29 is 9.84 Å². The summed E-state index contributed by atoms with van der Waals surface area (Å²) in [5, 5.41) is 9.93. The molecule has 0 aromatic heterocycles. The smallest absolute Gasteiger partial charge is 0.122 e. The predicted octanol–water partition coefficient (Wildman–Crippen LogP) is 2.08. The zero-order chi connectivity index (χ0) is 12.1. The summed E-state index contributed by atoms with van der Waals surface area (Å²) >= 11 is 0. The largest absolute Gasteiger partial charge is 0.494 e. The van der Waals surface area contributed by atoms with E-state index in [2.05, 4.69) is 0 Å². The Bertz CT molecular complexity index is 350. The van der Waals surface area contributed by atoms with E-state index in [-0.39, 0.29) is 0 Å². The third kappa shape index (κ3) is 2.97. The number of hydrogen-bond acceptors (Lipinski definition) is 3. The highest BCUT2D eigenvalue weighted by molar-refractivity contribution is 5.42. The molecule has 1 rings (SSSR count). The third-order valence-corrected chi connectivity index (χ3v) is 2.66. The van der Waals surface area contributed by atoms with Gasteiger partial charge in [0.25, 0.3) is 0 Å². The zero-order valence-electron chi connectivity index (χ0n) is 10.3. The van der Waals surface area contributed by atoms with Gasteiger partial charge in [-0.3, -0.25) is 0 Å². The van der Waals surface area contributed by atoms with Crippen molar-refractivity contribution in [2.24, 2.45) is 5.73 Å². The Kier molecular flexibility index (Phi) is 4.77. The van der Waals surface area contributed by atoms with E-state index < -0.39 is 6.10 Å². The van der Waals surface area contributed by atoms with Crippen LogP contribution in [0.5, 0.6) is 5.75 Å². The van der Waals surface area contributed by atoms with Crippen molar-refractivity contribution >= 4 is 0 Å². The van der Waals surface area contributed by atoms with E-state index >= 15 is 0 Å². The van der Waals surface area contributed by atoms with Gasteiger partial charge in [0, 0.05) is 0 Å². The highest BCUT2D eigenvalue weighted by atomic mass is 16.5. The molecule has 0 radical (unpaired) electrons. The molecule has 1 aromatic rings. The lowest BCUT2D eigenvalue weighted by molar-refractivity contribution is 0.169. The first kappa shape index (κ1) is 13.0. The maximum absolute atomic E-state index is 9.93. The molecule has 0 heterocycles. The molecule has 0 aliphatic carbocycles. The predicted molar refractivity (Wildman–Crippen MR) is 65.7 cm³/mol. The molecule has 0 amide bonds. The summed E-state index contributed by atoms with van der Waals surface area (Å²) in [6, 6.07) is 3.97. The fraction of sp³-hybridized carbons (Fsp3) is 0.538. The molecule has 0 bridgehead atoms. The minimum atomic E-state index is -0.473. The van der Waals surface area contributed by atoms with E-state index in [4.69, 9.17) is 10.5 Å². The lowest BCUT2D eigenvalue weighted by Gasteiger charge is -2.16. The van der Waals surface area contributed by atoms with Gasteiger partial charge >= 0.3 is 0 Å². The number of rotatable bonds is 5. The fourth-order valence-electron chi connectivity index (χ4n) is 1.80. The lowest BCUT2D eigenvalue weighted by Crippen LogP contribution is -2.08. The van der Waals surface area contributed by atoms with E-state index in [0.29, 0.717) is 19.6 Å². The van der Waals surface area contributed by atoms with Gasteiger partial charge in [0.2, 0.25) is 0 Å². The summed E-state index contributed by atoms with van der Waals surface area (Å²) in [5.74, 6) is 0.892. The van der Waals surface area contributed by atoms with E-state index in [1.54, 1.807) is 0 Å². The molecule has 1 aromatic carbocycles. The van der Waals surface area contributed by atoms with Crippen LogP contribution in [0, 0.1) is 13.8 Å².